The molecule has 0 atom stereocenters. The standard InChI is InChI=1S/C16H15BrCl2O/c1-10-3-11(2)5-12(4-10)9-20-16-13(8-17)6-14(18)7-15(16)19/h3-7H,8-9H2,1-2H3. The van der Waals surface area contributed by atoms with Crippen LogP contribution in [0.1, 0.15) is 22.3 Å². The van der Waals surface area contributed by atoms with Gasteiger partial charge in [-0.15, -0.1) is 0 Å². The lowest BCUT2D eigenvalue weighted by Gasteiger charge is -2.13. The molecule has 0 aliphatic heterocycles. The molecule has 2 aromatic rings. The number of aryl methyl sites for hydroxylation is 2. The third kappa shape index (κ3) is 3.91. The summed E-state index contributed by atoms with van der Waals surface area (Å²) in [6.45, 7) is 4.65. The number of halogens is 3. The lowest BCUT2D eigenvalue weighted by molar-refractivity contribution is 0.304. The first-order valence-electron chi connectivity index (χ1n) is 6.23. The predicted molar refractivity (Wildman–Crippen MR) is 89.3 cm³/mol. The average molecular weight is 374 g/mol. The van der Waals surface area contributed by atoms with E-state index in [1.165, 1.54) is 11.1 Å². The molecule has 4 heteroatoms. The highest BCUT2D eigenvalue weighted by atomic mass is 79.9. The summed E-state index contributed by atoms with van der Waals surface area (Å²) in [7, 11) is 0. The van der Waals surface area contributed by atoms with Gasteiger partial charge in [-0.25, -0.2) is 0 Å². The molecule has 0 bridgehead atoms. The first kappa shape index (κ1) is 15.7. The van der Waals surface area contributed by atoms with Gasteiger partial charge in [0.1, 0.15) is 12.4 Å². The molecule has 0 aromatic heterocycles. The second-order valence-corrected chi connectivity index (χ2v) is 6.20. The number of benzene rings is 2. The zero-order valence-electron chi connectivity index (χ0n) is 11.3. The van der Waals surface area contributed by atoms with E-state index in [-0.39, 0.29) is 0 Å². The SMILES string of the molecule is Cc1cc(C)cc(COc2c(Cl)cc(Cl)cc2CBr)c1. The molecule has 0 spiro atoms. The Morgan fingerprint density at radius 1 is 1.00 bits per heavy atom. The summed E-state index contributed by atoms with van der Waals surface area (Å²) in [5.74, 6) is 0.687. The van der Waals surface area contributed by atoms with Gasteiger partial charge in [0.15, 0.2) is 0 Å². The lowest BCUT2D eigenvalue weighted by atomic mass is 10.1. The van der Waals surface area contributed by atoms with Crippen molar-refractivity contribution in [2.24, 2.45) is 0 Å². The Hall–Kier alpha value is -0.700. The molecule has 0 aliphatic rings. The maximum absolute atomic E-state index is 6.21. The molecule has 0 aliphatic carbocycles. The zero-order valence-corrected chi connectivity index (χ0v) is 14.4. The highest BCUT2D eigenvalue weighted by Gasteiger charge is 2.10. The van der Waals surface area contributed by atoms with Gasteiger partial charge in [-0.1, -0.05) is 68.5 Å². The van der Waals surface area contributed by atoms with Crippen molar-refractivity contribution in [1.82, 2.24) is 0 Å². The maximum atomic E-state index is 6.21. The highest BCUT2D eigenvalue weighted by molar-refractivity contribution is 9.08. The van der Waals surface area contributed by atoms with Crippen LogP contribution in [0.4, 0.5) is 0 Å². The summed E-state index contributed by atoms with van der Waals surface area (Å²) >= 11 is 15.6. The van der Waals surface area contributed by atoms with E-state index in [0.29, 0.717) is 27.7 Å². The van der Waals surface area contributed by atoms with Gasteiger partial charge in [0.05, 0.1) is 5.02 Å². The summed E-state index contributed by atoms with van der Waals surface area (Å²) < 4.78 is 5.89. The minimum absolute atomic E-state index is 0.490. The first-order chi connectivity index (χ1) is 9.49. The van der Waals surface area contributed by atoms with Gasteiger partial charge in [-0.2, -0.15) is 0 Å². The Balaban J connectivity index is 2.22. The molecular formula is C16H15BrCl2O. The van der Waals surface area contributed by atoms with Crippen LogP contribution in [0.5, 0.6) is 5.75 Å². The monoisotopic (exact) mass is 372 g/mol. The van der Waals surface area contributed by atoms with E-state index in [9.17, 15) is 0 Å². The van der Waals surface area contributed by atoms with Gasteiger partial charge in [0.2, 0.25) is 0 Å². The Bertz CT molecular complexity index is 606. The summed E-state index contributed by atoms with van der Waals surface area (Å²) in [6, 6.07) is 9.93. The van der Waals surface area contributed by atoms with Crippen molar-refractivity contribution >= 4 is 39.1 Å². The maximum Gasteiger partial charge on any atom is 0.142 e. The van der Waals surface area contributed by atoms with Gasteiger partial charge < -0.3 is 4.74 Å². The predicted octanol–water partition coefficient (Wildman–Crippen LogP) is 6.08. The Kier molecular flexibility index (Phi) is 5.36. The Morgan fingerprint density at radius 3 is 2.25 bits per heavy atom. The molecule has 0 fully saturated rings. The van der Waals surface area contributed by atoms with E-state index in [0.717, 1.165) is 11.1 Å². The fourth-order valence-electron chi connectivity index (χ4n) is 2.18. The van der Waals surface area contributed by atoms with Crippen molar-refractivity contribution in [2.45, 2.75) is 25.8 Å². The van der Waals surface area contributed by atoms with Crippen molar-refractivity contribution in [3.8, 4) is 5.75 Å². The molecule has 0 amide bonds. The van der Waals surface area contributed by atoms with E-state index in [1.807, 2.05) is 6.07 Å². The Labute approximate surface area is 138 Å². The van der Waals surface area contributed by atoms with Gasteiger partial charge in [-0.05, 0) is 31.5 Å². The van der Waals surface area contributed by atoms with E-state index < -0.39 is 0 Å². The fraction of sp³-hybridized carbons (Fsp3) is 0.250. The molecule has 0 saturated heterocycles. The molecular weight excluding hydrogens is 359 g/mol. The van der Waals surface area contributed by atoms with Gasteiger partial charge in [-0.3, -0.25) is 0 Å². The van der Waals surface area contributed by atoms with Crippen LogP contribution in [0.3, 0.4) is 0 Å². The van der Waals surface area contributed by atoms with Crippen LogP contribution < -0.4 is 4.74 Å². The lowest BCUT2D eigenvalue weighted by Crippen LogP contribution is -1.99. The number of rotatable bonds is 4. The number of hydrogen-bond acceptors (Lipinski definition) is 1. The largest absolute Gasteiger partial charge is 0.487 e. The third-order valence-electron chi connectivity index (χ3n) is 2.89. The van der Waals surface area contributed by atoms with Gasteiger partial charge >= 0.3 is 0 Å². The topological polar surface area (TPSA) is 9.23 Å². The second-order valence-electron chi connectivity index (χ2n) is 4.79. The van der Waals surface area contributed by atoms with Gasteiger partial charge in [0.25, 0.3) is 0 Å². The third-order valence-corrected chi connectivity index (χ3v) is 4.00. The Morgan fingerprint density at radius 2 is 1.65 bits per heavy atom. The molecule has 2 aromatic carbocycles. The van der Waals surface area contributed by atoms with Crippen molar-refractivity contribution < 1.29 is 4.74 Å². The van der Waals surface area contributed by atoms with Crippen LogP contribution in [0, 0.1) is 13.8 Å². The fourth-order valence-corrected chi connectivity index (χ4v) is 3.19. The van der Waals surface area contributed by atoms with Crippen molar-refractivity contribution in [3.63, 3.8) is 0 Å². The molecule has 0 N–H and O–H groups in total. The van der Waals surface area contributed by atoms with Crippen LogP contribution in [-0.4, -0.2) is 0 Å². The zero-order chi connectivity index (χ0) is 14.7. The van der Waals surface area contributed by atoms with Crippen LogP contribution in [0.2, 0.25) is 10.0 Å². The van der Waals surface area contributed by atoms with Crippen LogP contribution in [-0.2, 0) is 11.9 Å². The smallest absolute Gasteiger partial charge is 0.142 e. The summed E-state index contributed by atoms with van der Waals surface area (Å²) in [4.78, 5) is 0. The minimum Gasteiger partial charge on any atom is -0.487 e. The average Bonchev–Trinajstić information content (AvgIpc) is 2.35. The van der Waals surface area contributed by atoms with Crippen LogP contribution in [0.25, 0.3) is 0 Å². The number of hydrogen-bond donors (Lipinski definition) is 0. The normalized spacial score (nSPS) is 10.7. The molecule has 20 heavy (non-hydrogen) atoms. The molecule has 106 valence electrons. The van der Waals surface area contributed by atoms with Crippen molar-refractivity contribution in [2.75, 3.05) is 0 Å². The quantitative estimate of drug-likeness (QED) is 0.589. The van der Waals surface area contributed by atoms with E-state index in [4.69, 9.17) is 27.9 Å². The van der Waals surface area contributed by atoms with Crippen molar-refractivity contribution in [3.05, 3.63) is 62.6 Å². The van der Waals surface area contributed by atoms with Crippen LogP contribution in [0.15, 0.2) is 30.3 Å². The van der Waals surface area contributed by atoms with E-state index in [1.54, 1.807) is 6.07 Å². The number of ether oxygens (including phenoxy) is 1. The second kappa shape index (κ2) is 6.84. The molecule has 1 nitrogen and oxygen atoms in total. The van der Waals surface area contributed by atoms with E-state index in [2.05, 4.69) is 48.0 Å². The highest BCUT2D eigenvalue weighted by Crippen LogP contribution is 2.34. The minimum atomic E-state index is 0.490. The molecule has 0 unspecified atom stereocenters. The van der Waals surface area contributed by atoms with E-state index >= 15 is 0 Å². The summed E-state index contributed by atoms with van der Waals surface area (Å²) in [5, 5.41) is 1.80. The summed E-state index contributed by atoms with van der Waals surface area (Å²) in [6.07, 6.45) is 0. The molecule has 0 radical (unpaired) electrons. The van der Waals surface area contributed by atoms with Gasteiger partial charge in [0, 0.05) is 15.9 Å². The molecule has 0 saturated carbocycles. The molecule has 2 rings (SSSR count). The number of alkyl halides is 1. The molecule has 0 heterocycles. The first-order valence-corrected chi connectivity index (χ1v) is 8.11. The summed E-state index contributed by atoms with van der Waals surface area (Å²) in [5.41, 5.74) is 4.54. The van der Waals surface area contributed by atoms with Crippen molar-refractivity contribution in [1.29, 1.82) is 0 Å². The van der Waals surface area contributed by atoms with Crippen LogP contribution >= 0.6 is 39.1 Å².